The topological polar surface area (TPSA) is 98.6 Å². The van der Waals surface area contributed by atoms with Gasteiger partial charge in [0.05, 0.1) is 6.61 Å². The van der Waals surface area contributed by atoms with Gasteiger partial charge >= 0.3 is 5.97 Å². The SMILES string of the molecule is NCCCCOc1ccc(C[C@H](N)C(=O)O)cc1. The van der Waals surface area contributed by atoms with Gasteiger partial charge in [0.2, 0.25) is 0 Å². The average Bonchev–Trinajstić information content (AvgIpc) is 2.36. The van der Waals surface area contributed by atoms with Gasteiger partial charge in [0, 0.05) is 0 Å². The average molecular weight is 252 g/mol. The first kappa shape index (κ1) is 14.5. The molecule has 0 aliphatic heterocycles. The summed E-state index contributed by atoms with van der Waals surface area (Å²) in [5.41, 5.74) is 11.7. The second-order valence-electron chi connectivity index (χ2n) is 4.14. The third-order valence-electron chi connectivity index (χ3n) is 2.56. The lowest BCUT2D eigenvalue weighted by Gasteiger charge is -2.08. The summed E-state index contributed by atoms with van der Waals surface area (Å²) in [6.45, 7) is 1.32. The molecule has 0 aliphatic rings. The third kappa shape index (κ3) is 5.16. The highest BCUT2D eigenvalue weighted by Crippen LogP contribution is 2.13. The number of aliphatic carboxylic acids is 1. The van der Waals surface area contributed by atoms with Crippen LogP contribution in [0.1, 0.15) is 18.4 Å². The van der Waals surface area contributed by atoms with Crippen molar-refractivity contribution in [3.05, 3.63) is 29.8 Å². The number of carboxylic acids is 1. The van der Waals surface area contributed by atoms with Gasteiger partial charge in [-0.05, 0) is 43.5 Å². The fourth-order valence-electron chi connectivity index (χ4n) is 1.50. The summed E-state index contributed by atoms with van der Waals surface area (Å²) in [5.74, 6) is -0.211. The zero-order valence-corrected chi connectivity index (χ0v) is 10.3. The van der Waals surface area contributed by atoms with E-state index in [2.05, 4.69) is 0 Å². The quantitative estimate of drug-likeness (QED) is 0.593. The van der Waals surface area contributed by atoms with Crippen molar-refractivity contribution in [1.29, 1.82) is 0 Å². The van der Waals surface area contributed by atoms with Gasteiger partial charge in [0.1, 0.15) is 11.8 Å². The molecule has 0 radical (unpaired) electrons. The second-order valence-corrected chi connectivity index (χ2v) is 4.14. The molecule has 1 aromatic rings. The van der Waals surface area contributed by atoms with Gasteiger partial charge in [-0.25, -0.2) is 0 Å². The summed E-state index contributed by atoms with van der Waals surface area (Å²) >= 11 is 0. The molecule has 1 aromatic carbocycles. The van der Waals surface area contributed by atoms with E-state index in [9.17, 15) is 4.79 Å². The fourth-order valence-corrected chi connectivity index (χ4v) is 1.50. The van der Waals surface area contributed by atoms with Crippen molar-refractivity contribution in [1.82, 2.24) is 0 Å². The van der Waals surface area contributed by atoms with Crippen molar-refractivity contribution in [2.24, 2.45) is 11.5 Å². The van der Waals surface area contributed by atoms with Crippen molar-refractivity contribution in [3.8, 4) is 5.75 Å². The van der Waals surface area contributed by atoms with Crippen LogP contribution >= 0.6 is 0 Å². The van der Waals surface area contributed by atoms with Gasteiger partial charge in [0.25, 0.3) is 0 Å². The summed E-state index contributed by atoms with van der Waals surface area (Å²) in [7, 11) is 0. The number of hydrogen-bond acceptors (Lipinski definition) is 4. The second kappa shape index (κ2) is 7.68. The predicted octanol–water partition coefficient (Wildman–Crippen LogP) is 0.759. The molecule has 100 valence electrons. The molecule has 0 saturated carbocycles. The van der Waals surface area contributed by atoms with Crippen LogP contribution in [0.25, 0.3) is 0 Å². The summed E-state index contributed by atoms with van der Waals surface area (Å²) in [6, 6.07) is 6.46. The Morgan fingerprint density at radius 3 is 2.50 bits per heavy atom. The zero-order valence-electron chi connectivity index (χ0n) is 10.3. The van der Waals surface area contributed by atoms with Crippen molar-refractivity contribution in [2.45, 2.75) is 25.3 Å². The molecular formula is C13H20N2O3. The van der Waals surface area contributed by atoms with Crippen molar-refractivity contribution < 1.29 is 14.6 Å². The highest BCUT2D eigenvalue weighted by Gasteiger charge is 2.11. The van der Waals surface area contributed by atoms with E-state index in [0.717, 1.165) is 24.2 Å². The van der Waals surface area contributed by atoms with Crippen molar-refractivity contribution >= 4 is 5.97 Å². The molecule has 0 aliphatic carbocycles. The Morgan fingerprint density at radius 2 is 1.94 bits per heavy atom. The summed E-state index contributed by atoms with van der Waals surface area (Å²) in [6.07, 6.45) is 2.20. The molecular weight excluding hydrogens is 232 g/mol. The van der Waals surface area contributed by atoms with Crippen molar-refractivity contribution in [2.75, 3.05) is 13.2 Å². The van der Waals surface area contributed by atoms with Gasteiger partial charge in [-0.1, -0.05) is 12.1 Å². The number of carboxylic acid groups (broad SMARTS) is 1. The minimum atomic E-state index is -0.989. The first-order chi connectivity index (χ1) is 8.63. The Balaban J connectivity index is 2.40. The minimum Gasteiger partial charge on any atom is -0.494 e. The maximum atomic E-state index is 10.6. The predicted molar refractivity (Wildman–Crippen MR) is 69.5 cm³/mol. The van der Waals surface area contributed by atoms with Gasteiger partial charge in [-0.3, -0.25) is 4.79 Å². The molecule has 0 spiro atoms. The Bertz CT molecular complexity index is 365. The molecule has 0 bridgehead atoms. The lowest BCUT2D eigenvalue weighted by Crippen LogP contribution is -2.32. The maximum Gasteiger partial charge on any atom is 0.320 e. The normalized spacial score (nSPS) is 12.1. The van der Waals surface area contributed by atoms with Gasteiger partial charge in [-0.2, -0.15) is 0 Å². The van der Waals surface area contributed by atoms with Crippen LogP contribution in [0.4, 0.5) is 0 Å². The van der Waals surface area contributed by atoms with Gasteiger partial charge < -0.3 is 21.3 Å². The minimum absolute atomic E-state index is 0.322. The molecule has 1 atom stereocenters. The van der Waals surface area contributed by atoms with Crippen LogP contribution in [0, 0.1) is 0 Å². The van der Waals surface area contributed by atoms with Crippen molar-refractivity contribution in [3.63, 3.8) is 0 Å². The van der Waals surface area contributed by atoms with Gasteiger partial charge in [0.15, 0.2) is 0 Å². The first-order valence-corrected chi connectivity index (χ1v) is 6.03. The van der Waals surface area contributed by atoms with Crippen LogP contribution < -0.4 is 16.2 Å². The zero-order chi connectivity index (χ0) is 13.4. The van der Waals surface area contributed by atoms with E-state index in [1.165, 1.54) is 0 Å². The van der Waals surface area contributed by atoms with E-state index in [-0.39, 0.29) is 0 Å². The molecule has 5 N–H and O–H groups in total. The van der Waals surface area contributed by atoms with Crippen LogP contribution in [-0.4, -0.2) is 30.3 Å². The van der Waals surface area contributed by atoms with E-state index in [1.54, 1.807) is 0 Å². The fraction of sp³-hybridized carbons (Fsp3) is 0.462. The lowest BCUT2D eigenvalue weighted by atomic mass is 10.1. The third-order valence-corrected chi connectivity index (χ3v) is 2.56. The number of carbonyl (C=O) groups is 1. The molecule has 0 fully saturated rings. The van der Waals surface area contributed by atoms with E-state index in [4.69, 9.17) is 21.3 Å². The molecule has 0 unspecified atom stereocenters. The van der Waals surface area contributed by atoms with E-state index < -0.39 is 12.0 Å². The Kier molecular flexibility index (Phi) is 6.18. The standard InChI is InChI=1S/C13H20N2O3/c14-7-1-2-8-18-11-5-3-10(4-6-11)9-12(15)13(16)17/h3-6,12H,1-2,7-9,14-15H2,(H,16,17)/t12-/m0/s1. The summed E-state index contributed by atoms with van der Waals surface area (Å²) in [4.78, 5) is 10.6. The summed E-state index contributed by atoms with van der Waals surface area (Å²) < 4.78 is 5.51. The number of hydrogen-bond donors (Lipinski definition) is 3. The largest absolute Gasteiger partial charge is 0.494 e. The molecule has 0 heterocycles. The van der Waals surface area contributed by atoms with Crippen LogP contribution in [-0.2, 0) is 11.2 Å². The smallest absolute Gasteiger partial charge is 0.320 e. The monoisotopic (exact) mass is 252 g/mol. The number of ether oxygens (including phenoxy) is 1. The summed E-state index contributed by atoms with van der Waals surface area (Å²) in [5, 5.41) is 8.70. The first-order valence-electron chi connectivity index (χ1n) is 6.03. The number of rotatable bonds is 8. The number of nitrogens with two attached hydrogens (primary N) is 2. The maximum absolute atomic E-state index is 10.6. The highest BCUT2D eigenvalue weighted by atomic mass is 16.5. The highest BCUT2D eigenvalue weighted by molar-refractivity contribution is 5.73. The molecule has 18 heavy (non-hydrogen) atoms. The van der Waals surface area contributed by atoms with E-state index in [1.807, 2.05) is 24.3 Å². The van der Waals surface area contributed by atoms with Crippen LogP contribution in [0.2, 0.25) is 0 Å². The molecule has 5 nitrogen and oxygen atoms in total. The molecule has 5 heteroatoms. The van der Waals surface area contributed by atoms with E-state index >= 15 is 0 Å². The molecule has 0 aromatic heterocycles. The van der Waals surface area contributed by atoms with Gasteiger partial charge in [-0.15, -0.1) is 0 Å². The van der Waals surface area contributed by atoms with Crippen LogP contribution in [0.5, 0.6) is 5.75 Å². The lowest BCUT2D eigenvalue weighted by molar-refractivity contribution is -0.138. The Morgan fingerprint density at radius 1 is 1.28 bits per heavy atom. The Labute approximate surface area is 107 Å². The van der Waals surface area contributed by atoms with Crippen LogP contribution in [0.15, 0.2) is 24.3 Å². The molecule has 0 saturated heterocycles. The Hall–Kier alpha value is -1.59. The number of unbranched alkanes of at least 4 members (excludes halogenated alkanes) is 1. The van der Waals surface area contributed by atoms with Crippen LogP contribution in [0.3, 0.4) is 0 Å². The number of benzene rings is 1. The molecule has 0 amide bonds. The van der Waals surface area contributed by atoms with E-state index in [0.29, 0.717) is 19.6 Å². The molecule has 1 rings (SSSR count).